The summed E-state index contributed by atoms with van der Waals surface area (Å²) in [5, 5.41) is 5.75. The molecule has 28 heavy (non-hydrogen) atoms. The van der Waals surface area contributed by atoms with Gasteiger partial charge in [-0.2, -0.15) is 0 Å². The number of nitrogens with zero attached hydrogens (tertiary/aromatic N) is 2. The Kier molecular flexibility index (Phi) is 5.45. The molecular formula is C21H19N3O2S2. The number of aryl methyl sites for hydroxylation is 1. The first-order chi connectivity index (χ1) is 13.6. The van der Waals surface area contributed by atoms with E-state index in [-0.39, 0.29) is 11.8 Å². The third kappa shape index (κ3) is 4.10. The van der Waals surface area contributed by atoms with Crippen LogP contribution in [0.1, 0.15) is 26.6 Å². The summed E-state index contributed by atoms with van der Waals surface area (Å²) in [6.45, 7) is 2.83. The number of anilines is 1. The van der Waals surface area contributed by atoms with E-state index in [0.29, 0.717) is 24.4 Å². The van der Waals surface area contributed by atoms with Crippen LogP contribution in [0, 0.1) is 6.92 Å². The van der Waals surface area contributed by atoms with Gasteiger partial charge < -0.3 is 10.2 Å². The van der Waals surface area contributed by atoms with Crippen LogP contribution in [0.4, 0.5) is 5.69 Å². The largest absolute Gasteiger partial charge is 0.346 e. The van der Waals surface area contributed by atoms with Crippen LogP contribution in [0.15, 0.2) is 58.8 Å². The molecule has 7 heteroatoms. The Morgan fingerprint density at radius 1 is 1.21 bits per heavy atom. The molecule has 0 fully saturated rings. The first-order valence-electron chi connectivity index (χ1n) is 8.90. The van der Waals surface area contributed by atoms with Crippen molar-refractivity contribution in [2.24, 2.45) is 0 Å². The molecule has 0 radical (unpaired) electrons. The number of amides is 2. The molecule has 1 aliphatic rings. The van der Waals surface area contributed by atoms with Crippen molar-refractivity contribution in [2.45, 2.75) is 24.9 Å². The number of thiazole rings is 1. The predicted molar refractivity (Wildman–Crippen MR) is 113 cm³/mol. The molecule has 0 unspecified atom stereocenters. The molecule has 2 heterocycles. The standard InChI is InChI=1S/C21H19N3O2S2/c1-14-12-28-19(23-14)10-22-21(26)16-7-8-18-17(9-16)24(20(25)13-27-18)11-15-5-3-2-4-6-15/h2-9,12H,10-11,13H2,1H3,(H,22,26). The molecule has 0 saturated heterocycles. The Labute approximate surface area is 171 Å². The van der Waals surface area contributed by atoms with Gasteiger partial charge in [0, 0.05) is 21.5 Å². The molecule has 142 valence electrons. The van der Waals surface area contributed by atoms with E-state index in [1.807, 2.05) is 60.8 Å². The quantitative estimate of drug-likeness (QED) is 0.691. The van der Waals surface area contributed by atoms with Crippen molar-refractivity contribution in [3.8, 4) is 0 Å². The smallest absolute Gasteiger partial charge is 0.251 e. The summed E-state index contributed by atoms with van der Waals surface area (Å²) in [5.41, 5.74) is 3.35. The second-order valence-corrected chi connectivity index (χ2v) is 8.46. The molecule has 1 aromatic heterocycles. The van der Waals surface area contributed by atoms with Crippen LogP contribution >= 0.6 is 23.1 Å². The lowest BCUT2D eigenvalue weighted by Gasteiger charge is -2.29. The monoisotopic (exact) mass is 409 g/mol. The highest BCUT2D eigenvalue weighted by Gasteiger charge is 2.26. The van der Waals surface area contributed by atoms with Crippen LogP contribution in [0.3, 0.4) is 0 Å². The Balaban J connectivity index is 1.55. The number of hydrogen-bond donors (Lipinski definition) is 1. The minimum absolute atomic E-state index is 0.0529. The van der Waals surface area contributed by atoms with E-state index in [2.05, 4.69) is 10.3 Å². The van der Waals surface area contributed by atoms with Gasteiger partial charge in [-0.1, -0.05) is 30.3 Å². The zero-order valence-corrected chi connectivity index (χ0v) is 17.0. The van der Waals surface area contributed by atoms with E-state index >= 15 is 0 Å². The Bertz CT molecular complexity index is 1020. The summed E-state index contributed by atoms with van der Waals surface area (Å²) in [7, 11) is 0. The van der Waals surface area contributed by atoms with Gasteiger partial charge in [0.25, 0.3) is 5.91 Å². The molecule has 0 aliphatic carbocycles. The molecule has 5 nitrogen and oxygen atoms in total. The molecular weight excluding hydrogens is 390 g/mol. The highest BCUT2D eigenvalue weighted by atomic mass is 32.2. The molecule has 1 aliphatic heterocycles. The van der Waals surface area contributed by atoms with Crippen molar-refractivity contribution < 1.29 is 9.59 Å². The average molecular weight is 410 g/mol. The second-order valence-electron chi connectivity index (χ2n) is 6.50. The van der Waals surface area contributed by atoms with Gasteiger partial charge >= 0.3 is 0 Å². The van der Waals surface area contributed by atoms with E-state index in [1.54, 1.807) is 4.90 Å². The summed E-state index contributed by atoms with van der Waals surface area (Å²) < 4.78 is 0. The van der Waals surface area contributed by atoms with Crippen LogP contribution in [0.25, 0.3) is 0 Å². The fraction of sp³-hybridized carbons (Fsp3) is 0.190. The molecule has 0 bridgehead atoms. The van der Waals surface area contributed by atoms with Gasteiger partial charge in [0.1, 0.15) is 5.01 Å². The van der Waals surface area contributed by atoms with Gasteiger partial charge in [-0.05, 0) is 30.7 Å². The first-order valence-corrected chi connectivity index (χ1v) is 10.8. The SMILES string of the molecule is Cc1csc(CNC(=O)c2ccc3c(c2)N(Cc2ccccc2)C(=O)CS3)n1. The Hall–Kier alpha value is -2.64. The lowest BCUT2D eigenvalue weighted by Crippen LogP contribution is -2.35. The maximum absolute atomic E-state index is 12.6. The lowest BCUT2D eigenvalue weighted by atomic mass is 10.1. The van der Waals surface area contributed by atoms with Crippen LogP contribution in [-0.2, 0) is 17.9 Å². The van der Waals surface area contributed by atoms with Crippen molar-refractivity contribution >= 4 is 40.6 Å². The summed E-state index contributed by atoms with van der Waals surface area (Å²) >= 11 is 3.04. The highest BCUT2D eigenvalue weighted by Crippen LogP contribution is 2.36. The predicted octanol–water partition coefficient (Wildman–Crippen LogP) is 4.02. The van der Waals surface area contributed by atoms with Crippen molar-refractivity contribution in [1.29, 1.82) is 0 Å². The number of carbonyl (C=O) groups is 2. The molecule has 4 rings (SSSR count). The van der Waals surface area contributed by atoms with Crippen molar-refractivity contribution in [3.63, 3.8) is 0 Å². The highest BCUT2D eigenvalue weighted by molar-refractivity contribution is 8.00. The molecule has 2 aromatic carbocycles. The summed E-state index contributed by atoms with van der Waals surface area (Å²) in [6.07, 6.45) is 0. The third-order valence-electron chi connectivity index (χ3n) is 4.41. The fourth-order valence-electron chi connectivity index (χ4n) is 3.02. The maximum Gasteiger partial charge on any atom is 0.251 e. The summed E-state index contributed by atoms with van der Waals surface area (Å²) in [4.78, 5) is 32.3. The van der Waals surface area contributed by atoms with Crippen molar-refractivity contribution in [3.05, 3.63) is 75.7 Å². The van der Waals surface area contributed by atoms with Crippen LogP contribution in [0.2, 0.25) is 0 Å². The molecule has 3 aromatic rings. The average Bonchev–Trinajstić information content (AvgIpc) is 3.14. The number of fused-ring (bicyclic) bond motifs is 1. The minimum atomic E-state index is -0.168. The molecule has 1 N–H and O–H groups in total. The zero-order chi connectivity index (χ0) is 19.5. The van der Waals surface area contributed by atoms with E-state index in [9.17, 15) is 9.59 Å². The number of rotatable bonds is 5. The lowest BCUT2D eigenvalue weighted by molar-refractivity contribution is -0.116. The van der Waals surface area contributed by atoms with Crippen molar-refractivity contribution in [1.82, 2.24) is 10.3 Å². The Morgan fingerprint density at radius 2 is 2.04 bits per heavy atom. The molecule has 2 amide bonds. The van der Waals surface area contributed by atoms with E-state index < -0.39 is 0 Å². The summed E-state index contributed by atoms with van der Waals surface area (Å²) in [6, 6.07) is 15.4. The number of aromatic nitrogens is 1. The van der Waals surface area contributed by atoms with Gasteiger partial charge in [0.2, 0.25) is 5.91 Å². The molecule has 0 atom stereocenters. The van der Waals surface area contributed by atoms with Crippen molar-refractivity contribution in [2.75, 3.05) is 10.7 Å². The first kappa shape index (κ1) is 18.7. The van der Waals surface area contributed by atoms with Gasteiger partial charge in [-0.3, -0.25) is 9.59 Å². The minimum Gasteiger partial charge on any atom is -0.346 e. The Morgan fingerprint density at radius 3 is 2.79 bits per heavy atom. The normalized spacial score (nSPS) is 13.3. The number of hydrogen-bond acceptors (Lipinski definition) is 5. The van der Waals surface area contributed by atoms with Crippen LogP contribution in [-0.4, -0.2) is 22.6 Å². The molecule has 0 saturated carbocycles. The fourth-order valence-corrected chi connectivity index (χ4v) is 4.65. The van der Waals surface area contributed by atoms with Gasteiger partial charge in [-0.15, -0.1) is 23.1 Å². The van der Waals surface area contributed by atoms with Gasteiger partial charge in [0.15, 0.2) is 0 Å². The zero-order valence-electron chi connectivity index (χ0n) is 15.3. The topological polar surface area (TPSA) is 62.3 Å². The van der Waals surface area contributed by atoms with Gasteiger partial charge in [-0.25, -0.2) is 4.98 Å². The number of thioether (sulfide) groups is 1. The number of nitrogens with one attached hydrogen (secondary N) is 1. The van der Waals surface area contributed by atoms with E-state index in [4.69, 9.17) is 0 Å². The third-order valence-corrected chi connectivity index (χ3v) is 6.43. The molecule has 0 spiro atoms. The number of carbonyl (C=O) groups excluding carboxylic acids is 2. The van der Waals surface area contributed by atoms with Crippen LogP contribution in [0.5, 0.6) is 0 Å². The second kappa shape index (κ2) is 8.16. The maximum atomic E-state index is 12.6. The summed E-state index contributed by atoms with van der Waals surface area (Å²) in [5.74, 6) is 0.296. The van der Waals surface area contributed by atoms with Crippen LogP contribution < -0.4 is 10.2 Å². The van der Waals surface area contributed by atoms with Gasteiger partial charge in [0.05, 0.1) is 24.5 Å². The number of benzene rings is 2. The van der Waals surface area contributed by atoms with E-state index in [1.165, 1.54) is 23.1 Å². The van der Waals surface area contributed by atoms with E-state index in [0.717, 1.165) is 26.8 Å².